The van der Waals surface area contributed by atoms with E-state index in [0.29, 0.717) is 12.6 Å². The highest BCUT2D eigenvalue weighted by Gasteiger charge is 2.30. The number of benzene rings is 1. The minimum absolute atomic E-state index is 0.0319. The lowest BCUT2D eigenvalue weighted by atomic mass is 9.93. The standard InChI is InChI=1S/C26H40N4O2/c1-21-8-5-6-9-22(21)18-28-14-16-30(17-15-28)25(31)20-29-13-7-10-23(19-29)26(32)27-24-11-3-2-4-12-24/h5-6,8-9,23-24H,2-4,7,10-20H2,1H3,(H,27,32). The van der Waals surface area contributed by atoms with Gasteiger partial charge in [-0.25, -0.2) is 0 Å². The van der Waals surface area contributed by atoms with Crippen LogP contribution in [0, 0.1) is 12.8 Å². The zero-order chi connectivity index (χ0) is 22.3. The van der Waals surface area contributed by atoms with Crippen molar-refractivity contribution >= 4 is 11.8 Å². The summed E-state index contributed by atoms with van der Waals surface area (Å²) in [7, 11) is 0. The Hall–Kier alpha value is -1.92. The number of amides is 2. The minimum Gasteiger partial charge on any atom is -0.353 e. The number of carbonyl (C=O) groups excluding carboxylic acids is 2. The highest BCUT2D eigenvalue weighted by atomic mass is 16.2. The summed E-state index contributed by atoms with van der Waals surface area (Å²) in [6.07, 6.45) is 7.95. The van der Waals surface area contributed by atoms with Gasteiger partial charge in [0.15, 0.2) is 0 Å². The average molecular weight is 441 g/mol. The largest absolute Gasteiger partial charge is 0.353 e. The van der Waals surface area contributed by atoms with Gasteiger partial charge in [0.05, 0.1) is 12.5 Å². The molecule has 2 aliphatic heterocycles. The number of nitrogens with one attached hydrogen (secondary N) is 1. The van der Waals surface area contributed by atoms with E-state index in [4.69, 9.17) is 0 Å². The van der Waals surface area contributed by atoms with Crippen molar-refractivity contribution in [3.8, 4) is 0 Å². The molecule has 2 heterocycles. The van der Waals surface area contributed by atoms with E-state index in [2.05, 4.69) is 46.3 Å². The molecule has 2 saturated heterocycles. The van der Waals surface area contributed by atoms with Crippen LogP contribution in [0.15, 0.2) is 24.3 Å². The molecule has 2 amide bonds. The fourth-order valence-corrected chi connectivity index (χ4v) is 5.45. The number of piperazine rings is 1. The third-order valence-electron chi connectivity index (χ3n) is 7.57. The Balaban J connectivity index is 1.20. The first kappa shape index (κ1) is 23.2. The number of nitrogens with zero attached hydrogens (tertiary/aromatic N) is 3. The van der Waals surface area contributed by atoms with E-state index in [1.54, 1.807) is 0 Å². The van der Waals surface area contributed by atoms with Gasteiger partial charge in [0.1, 0.15) is 0 Å². The molecule has 3 fully saturated rings. The molecular formula is C26H40N4O2. The van der Waals surface area contributed by atoms with Gasteiger partial charge < -0.3 is 10.2 Å². The molecule has 6 heteroatoms. The zero-order valence-electron chi connectivity index (χ0n) is 19.7. The lowest BCUT2D eigenvalue weighted by Gasteiger charge is -2.37. The fraction of sp³-hybridized carbons (Fsp3) is 0.692. The molecule has 1 N–H and O–H groups in total. The Morgan fingerprint density at radius 3 is 2.41 bits per heavy atom. The first-order chi connectivity index (χ1) is 15.6. The quantitative estimate of drug-likeness (QED) is 0.739. The lowest BCUT2D eigenvalue weighted by molar-refractivity contribution is -0.136. The SMILES string of the molecule is Cc1ccccc1CN1CCN(C(=O)CN2CCCC(C(=O)NC3CCCCC3)C2)CC1. The van der Waals surface area contributed by atoms with Crippen molar-refractivity contribution in [2.75, 3.05) is 45.8 Å². The molecule has 32 heavy (non-hydrogen) atoms. The van der Waals surface area contributed by atoms with Crippen LogP contribution in [-0.4, -0.2) is 78.4 Å². The molecule has 4 rings (SSSR count). The summed E-state index contributed by atoms with van der Waals surface area (Å²) in [4.78, 5) is 32.4. The van der Waals surface area contributed by atoms with Crippen molar-refractivity contribution in [3.05, 3.63) is 35.4 Å². The highest BCUT2D eigenvalue weighted by molar-refractivity contribution is 5.80. The Bertz CT molecular complexity index is 769. The van der Waals surface area contributed by atoms with Gasteiger partial charge in [-0.2, -0.15) is 0 Å². The second-order valence-corrected chi connectivity index (χ2v) is 10.0. The van der Waals surface area contributed by atoms with Crippen LogP contribution in [0.2, 0.25) is 0 Å². The van der Waals surface area contributed by atoms with Crippen LogP contribution >= 0.6 is 0 Å². The van der Waals surface area contributed by atoms with E-state index >= 15 is 0 Å². The Morgan fingerprint density at radius 2 is 1.66 bits per heavy atom. The van der Waals surface area contributed by atoms with Gasteiger partial charge in [-0.05, 0) is 50.3 Å². The first-order valence-corrected chi connectivity index (χ1v) is 12.7. The summed E-state index contributed by atoms with van der Waals surface area (Å²) in [5.74, 6) is 0.456. The maximum atomic E-state index is 12.9. The molecule has 176 valence electrons. The zero-order valence-corrected chi connectivity index (χ0v) is 19.7. The van der Waals surface area contributed by atoms with E-state index in [9.17, 15) is 9.59 Å². The average Bonchev–Trinajstić information content (AvgIpc) is 2.82. The molecule has 0 bridgehead atoms. The van der Waals surface area contributed by atoms with Crippen LogP contribution in [0.5, 0.6) is 0 Å². The topological polar surface area (TPSA) is 55.9 Å². The van der Waals surface area contributed by atoms with Gasteiger partial charge >= 0.3 is 0 Å². The van der Waals surface area contributed by atoms with Crippen molar-refractivity contribution in [1.82, 2.24) is 20.0 Å². The monoisotopic (exact) mass is 440 g/mol. The van der Waals surface area contributed by atoms with Gasteiger partial charge in [0.25, 0.3) is 0 Å². The van der Waals surface area contributed by atoms with Gasteiger partial charge in [-0.1, -0.05) is 43.5 Å². The molecule has 6 nitrogen and oxygen atoms in total. The van der Waals surface area contributed by atoms with Gasteiger partial charge in [-0.3, -0.25) is 19.4 Å². The summed E-state index contributed by atoms with van der Waals surface area (Å²) in [6, 6.07) is 8.91. The number of likely N-dealkylation sites (tertiary alicyclic amines) is 1. The molecule has 1 aliphatic carbocycles. The van der Waals surface area contributed by atoms with Crippen molar-refractivity contribution < 1.29 is 9.59 Å². The van der Waals surface area contributed by atoms with E-state index < -0.39 is 0 Å². The maximum absolute atomic E-state index is 12.9. The predicted octanol–water partition coefficient (Wildman–Crippen LogP) is 2.80. The summed E-state index contributed by atoms with van der Waals surface area (Å²) in [5, 5.41) is 3.29. The molecule has 1 atom stereocenters. The van der Waals surface area contributed by atoms with E-state index in [1.165, 1.54) is 30.4 Å². The Kier molecular flexibility index (Phi) is 8.20. The number of hydrogen-bond acceptors (Lipinski definition) is 4. The molecule has 0 aromatic heterocycles. The number of piperidine rings is 1. The first-order valence-electron chi connectivity index (χ1n) is 12.7. The van der Waals surface area contributed by atoms with Crippen molar-refractivity contribution in [1.29, 1.82) is 0 Å². The van der Waals surface area contributed by atoms with Crippen LogP contribution in [0.1, 0.15) is 56.1 Å². The second kappa shape index (κ2) is 11.3. The molecular weight excluding hydrogens is 400 g/mol. The molecule has 0 radical (unpaired) electrons. The van der Waals surface area contributed by atoms with Crippen molar-refractivity contribution in [3.63, 3.8) is 0 Å². The van der Waals surface area contributed by atoms with E-state index in [1.807, 2.05) is 4.90 Å². The van der Waals surface area contributed by atoms with Crippen LogP contribution in [0.3, 0.4) is 0 Å². The van der Waals surface area contributed by atoms with Crippen LogP contribution in [0.25, 0.3) is 0 Å². The molecule has 0 spiro atoms. The molecule has 1 unspecified atom stereocenters. The lowest BCUT2D eigenvalue weighted by Crippen LogP contribution is -2.52. The summed E-state index contributed by atoms with van der Waals surface area (Å²) in [6.45, 7) is 8.65. The summed E-state index contributed by atoms with van der Waals surface area (Å²) >= 11 is 0. The number of hydrogen-bond donors (Lipinski definition) is 1. The van der Waals surface area contributed by atoms with Crippen LogP contribution in [-0.2, 0) is 16.1 Å². The molecule has 3 aliphatic rings. The summed E-state index contributed by atoms with van der Waals surface area (Å²) in [5.41, 5.74) is 2.70. The third-order valence-corrected chi connectivity index (χ3v) is 7.57. The van der Waals surface area contributed by atoms with Crippen LogP contribution < -0.4 is 5.32 Å². The smallest absolute Gasteiger partial charge is 0.236 e. The third kappa shape index (κ3) is 6.32. The fourth-order valence-electron chi connectivity index (χ4n) is 5.45. The van der Waals surface area contributed by atoms with E-state index in [-0.39, 0.29) is 17.7 Å². The molecule has 1 saturated carbocycles. The van der Waals surface area contributed by atoms with Crippen molar-refractivity contribution in [2.24, 2.45) is 5.92 Å². The predicted molar refractivity (Wildman–Crippen MR) is 127 cm³/mol. The normalized spacial score (nSPS) is 23.8. The molecule has 1 aromatic rings. The van der Waals surface area contributed by atoms with Crippen molar-refractivity contribution in [2.45, 2.75) is 64.5 Å². The van der Waals surface area contributed by atoms with E-state index in [0.717, 1.165) is 71.5 Å². The Labute approximate surface area is 193 Å². The van der Waals surface area contributed by atoms with Crippen LogP contribution in [0.4, 0.5) is 0 Å². The second-order valence-electron chi connectivity index (χ2n) is 10.0. The van der Waals surface area contributed by atoms with Gasteiger partial charge in [0, 0.05) is 45.3 Å². The summed E-state index contributed by atoms with van der Waals surface area (Å²) < 4.78 is 0. The number of aryl methyl sites for hydroxylation is 1. The van der Waals surface area contributed by atoms with Gasteiger partial charge in [0.2, 0.25) is 11.8 Å². The van der Waals surface area contributed by atoms with Gasteiger partial charge in [-0.15, -0.1) is 0 Å². The maximum Gasteiger partial charge on any atom is 0.236 e. The number of carbonyl (C=O) groups is 2. The number of rotatable bonds is 6. The Morgan fingerprint density at radius 1 is 0.906 bits per heavy atom. The highest BCUT2D eigenvalue weighted by Crippen LogP contribution is 2.21. The minimum atomic E-state index is 0.0319. The molecule has 1 aromatic carbocycles.